The lowest BCUT2D eigenvalue weighted by atomic mass is 9.99. The summed E-state index contributed by atoms with van der Waals surface area (Å²) in [6.07, 6.45) is 4.94. The zero-order valence-corrected chi connectivity index (χ0v) is 18.4. The van der Waals surface area contributed by atoms with Crippen LogP contribution in [-0.2, 0) is 22.6 Å². The minimum atomic E-state index is -0.195. The van der Waals surface area contributed by atoms with Gasteiger partial charge in [0.05, 0.1) is 12.6 Å². The lowest BCUT2D eigenvalue weighted by Gasteiger charge is -2.37. The minimum Gasteiger partial charge on any atom is -0.352 e. The molecule has 7 nitrogen and oxygen atoms in total. The van der Waals surface area contributed by atoms with Crippen molar-refractivity contribution in [3.05, 3.63) is 53.0 Å². The summed E-state index contributed by atoms with van der Waals surface area (Å²) in [6, 6.07) is 10.3. The SMILES string of the molecule is CC(=O)NCC(=O)N1CCCCC1c1nc(C)c2c(n1)N(Cc1ccccc1)CCC2. The van der Waals surface area contributed by atoms with Crippen molar-refractivity contribution in [2.45, 2.75) is 58.5 Å². The van der Waals surface area contributed by atoms with E-state index in [4.69, 9.17) is 9.97 Å². The molecule has 31 heavy (non-hydrogen) atoms. The molecule has 1 fully saturated rings. The minimum absolute atomic E-state index is 0.0237. The number of nitrogens with one attached hydrogen (secondary N) is 1. The third kappa shape index (κ3) is 4.86. The predicted molar refractivity (Wildman–Crippen MR) is 120 cm³/mol. The van der Waals surface area contributed by atoms with Crippen LogP contribution in [0, 0.1) is 6.92 Å². The number of aromatic nitrogens is 2. The van der Waals surface area contributed by atoms with Gasteiger partial charge in [0.25, 0.3) is 0 Å². The van der Waals surface area contributed by atoms with Crippen molar-refractivity contribution < 1.29 is 9.59 Å². The Morgan fingerprint density at radius 2 is 1.90 bits per heavy atom. The average Bonchev–Trinajstić information content (AvgIpc) is 2.78. The number of hydrogen-bond donors (Lipinski definition) is 1. The number of fused-ring (bicyclic) bond motifs is 1. The maximum Gasteiger partial charge on any atom is 0.242 e. The van der Waals surface area contributed by atoms with Crippen LogP contribution in [0.3, 0.4) is 0 Å². The van der Waals surface area contributed by atoms with Crippen molar-refractivity contribution in [3.63, 3.8) is 0 Å². The molecule has 2 aromatic rings. The lowest BCUT2D eigenvalue weighted by Crippen LogP contribution is -2.44. The molecule has 2 amide bonds. The Bertz CT molecular complexity index is 946. The molecule has 1 N–H and O–H groups in total. The zero-order chi connectivity index (χ0) is 21.8. The first-order chi connectivity index (χ1) is 15.0. The lowest BCUT2D eigenvalue weighted by molar-refractivity contribution is -0.136. The molecule has 1 saturated heterocycles. The number of likely N-dealkylation sites (tertiary alicyclic amines) is 1. The molecule has 1 unspecified atom stereocenters. The highest BCUT2D eigenvalue weighted by Gasteiger charge is 2.32. The molecule has 1 aromatic heterocycles. The van der Waals surface area contributed by atoms with Crippen molar-refractivity contribution in [1.29, 1.82) is 0 Å². The highest BCUT2D eigenvalue weighted by atomic mass is 16.2. The first-order valence-electron chi connectivity index (χ1n) is 11.2. The fourth-order valence-corrected chi connectivity index (χ4v) is 4.62. The molecule has 7 heteroatoms. The Morgan fingerprint density at radius 1 is 1.10 bits per heavy atom. The van der Waals surface area contributed by atoms with Crippen molar-refractivity contribution >= 4 is 17.6 Å². The second-order valence-electron chi connectivity index (χ2n) is 8.49. The van der Waals surface area contributed by atoms with Crippen LogP contribution in [0.15, 0.2) is 30.3 Å². The summed E-state index contributed by atoms with van der Waals surface area (Å²) in [5, 5.41) is 2.63. The molecule has 2 aliphatic rings. The molecule has 4 rings (SSSR count). The van der Waals surface area contributed by atoms with Gasteiger partial charge in [0.1, 0.15) is 5.82 Å². The standard InChI is InChI=1S/C24H31N5O2/c1-17-20-11-8-13-28(16-19-9-4-3-5-10-19)24(20)27-23(26-17)21-12-6-7-14-29(21)22(31)15-25-18(2)30/h3-5,9-10,21H,6-8,11-16H2,1-2H3,(H,25,30). The molecule has 0 saturated carbocycles. The van der Waals surface area contributed by atoms with E-state index in [1.165, 1.54) is 18.1 Å². The van der Waals surface area contributed by atoms with Crippen LogP contribution in [0.25, 0.3) is 0 Å². The average molecular weight is 422 g/mol. The van der Waals surface area contributed by atoms with Crippen LogP contribution in [0.5, 0.6) is 0 Å². The summed E-state index contributed by atoms with van der Waals surface area (Å²) in [5.41, 5.74) is 3.49. The van der Waals surface area contributed by atoms with Gasteiger partial charge < -0.3 is 15.1 Å². The number of anilines is 1. The number of nitrogens with zero attached hydrogens (tertiary/aromatic N) is 4. The van der Waals surface area contributed by atoms with Crippen LogP contribution >= 0.6 is 0 Å². The Labute approximate surface area is 183 Å². The molecule has 0 aliphatic carbocycles. The van der Waals surface area contributed by atoms with Crippen molar-refractivity contribution in [1.82, 2.24) is 20.2 Å². The van der Waals surface area contributed by atoms with E-state index in [2.05, 4.69) is 41.4 Å². The van der Waals surface area contributed by atoms with E-state index in [0.717, 1.165) is 62.5 Å². The Hall–Kier alpha value is -2.96. The topological polar surface area (TPSA) is 78.4 Å². The van der Waals surface area contributed by atoms with Gasteiger partial charge in [0, 0.05) is 37.8 Å². The van der Waals surface area contributed by atoms with Gasteiger partial charge >= 0.3 is 0 Å². The molecule has 0 radical (unpaired) electrons. The predicted octanol–water partition coefficient (Wildman–Crippen LogP) is 2.93. The van der Waals surface area contributed by atoms with Crippen molar-refractivity contribution in [3.8, 4) is 0 Å². The van der Waals surface area contributed by atoms with Crippen LogP contribution in [-0.4, -0.2) is 46.3 Å². The quantitative estimate of drug-likeness (QED) is 0.803. The number of hydrogen-bond acceptors (Lipinski definition) is 5. The maximum atomic E-state index is 12.8. The van der Waals surface area contributed by atoms with E-state index in [1.54, 1.807) is 0 Å². The largest absolute Gasteiger partial charge is 0.352 e. The van der Waals surface area contributed by atoms with Crippen LogP contribution in [0.4, 0.5) is 5.82 Å². The number of amides is 2. The van der Waals surface area contributed by atoms with Crippen molar-refractivity contribution in [2.24, 2.45) is 0 Å². The molecular weight excluding hydrogens is 390 g/mol. The highest BCUT2D eigenvalue weighted by Crippen LogP contribution is 2.34. The van der Waals surface area contributed by atoms with Gasteiger partial charge in [0.15, 0.2) is 5.82 Å². The Morgan fingerprint density at radius 3 is 2.68 bits per heavy atom. The zero-order valence-electron chi connectivity index (χ0n) is 18.4. The van der Waals surface area contributed by atoms with Crippen LogP contribution in [0.2, 0.25) is 0 Å². The fourth-order valence-electron chi connectivity index (χ4n) is 4.62. The van der Waals surface area contributed by atoms with E-state index in [9.17, 15) is 9.59 Å². The molecule has 164 valence electrons. The smallest absolute Gasteiger partial charge is 0.242 e. The summed E-state index contributed by atoms with van der Waals surface area (Å²) in [7, 11) is 0. The monoisotopic (exact) mass is 421 g/mol. The number of carbonyl (C=O) groups excluding carboxylic acids is 2. The van der Waals surface area contributed by atoms with E-state index in [1.807, 2.05) is 11.0 Å². The molecule has 3 heterocycles. The van der Waals surface area contributed by atoms with Gasteiger partial charge in [-0.3, -0.25) is 9.59 Å². The normalized spacial score (nSPS) is 18.5. The van der Waals surface area contributed by atoms with Gasteiger partial charge in [-0.25, -0.2) is 9.97 Å². The third-order valence-corrected chi connectivity index (χ3v) is 6.19. The second-order valence-corrected chi connectivity index (χ2v) is 8.49. The van der Waals surface area contributed by atoms with Gasteiger partial charge in [-0.1, -0.05) is 30.3 Å². The Balaban J connectivity index is 1.62. The summed E-state index contributed by atoms with van der Waals surface area (Å²) in [6.45, 7) is 5.97. The molecule has 1 aromatic carbocycles. The van der Waals surface area contributed by atoms with E-state index in [-0.39, 0.29) is 24.4 Å². The summed E-state index contributed by atoms with van der Waals surface area (Å²) >= 11 is 0. The second kappa shape index (κ2) is 9.45. The number of aryl methyl sites for hydroxylation is 1. The highest BCUT2D eigenvalue weighted by molar-refractivity contribution is 5.84. The third-order valence-electron chi connectivity index (χ3n) is 6.19. The van der Waals surface area contributed by atoms with E-state index in [0.29, 0.717) is 6.54 Å². The fraction of sp³-hybridized carbons (Fsp3) is 0.500. The van der Waals surface area contributed by atoms with Gasteiger partial charge in [-0.05, 0) is 44.6 Å². The van der Waals surface area contributed by atoms with Crippen LogP contribution < -0.4 is 10.2 Å². The van der Waals surface area contributed by atoms with Gasteiger partial charge in [0.2, 0.25) is 11.8 Å². The first-order valence-corrected chi connectivity index (χ1v) is 11.2. The molecule has 0 spiro atoms. The maximum absolute atomic E-state index is 12.8. The summed E-state index contributed by atoms with van der Waals surface area (Å²) in [4.78, 5) is 38.2. The van der Waals surface area contributed by atoms with E-state index < -0.39 is 0 Å². The molecule has 2 aliphatic heterocycles. The molecule has 0 bridgehead atoms. The van der Waals surface area contributed by atoms with Gasteiger partial charge in [-0.2, -0.15) is 0 Å². The number of carbonyl (C=O) groups is 2. The van der Waals surface area contributed by atoms with Gasteiger partial charge in [-0.15, -0.1) is 0 Å². The van der Waals surface area contributed by atoms with Crippen LogP contribution in [0.1, 0.15) is 61.3 Å². The first kappa shape index (κ1) is 21.3. The number of piperidine rings is 1. The number of rotatable bonds is 5. The Kier molecular flexibility index (Phi) is 6.49. The number of benzene rings is 1. The molecular formula is C24H31N5O2. The van der Waals surface area contributed by atoms with Crippen molar-refractivity contribution in [2.75, 3.05) is 24.5 Å². The summed E-state index contributed by atoms with van der Waals surface area (Å²) < 4.78 is 0. The van der Waals surface area contributed by atoms with E-state index >= 15 is 0 Å². The summed E-state index contributed by atoms with van der Waals surface area (Å²) in [5.74, 6) is 1.48. The molecule has 1 atom stereocenters.